The van der Waals surface area contributed by atoms with Crippen molar-refractivity contribution in [2.75, 3.05) is 18.0 Å². The number of rotatable bonds is 6. The first kappa shape index (κ1) is 16.4. The number of anilines is 1. The first-order valence-electron chi connectivity index (χ1n) is 8.48. The quantitative estimate of drug-likeness (QED) is 0.883. The van der Waals surface area contributed by atoms with E-state index in [4.69, 9.17) is 0 Å². The Morgan fingerprint density at radius 1 is 1.25 bits per heavy atom. The number of carboxylic acid groups (broad SMARTS) is 1. The van der Waals surface area contributed by atoms with Crippen LogP contribution >= 0.6 is 0 Å². The minimum Gasteiger partial charge on any atom is -0.481 e. The van der Waals surface area contributed by atoms with Crippen LogP contribution in [0.1, 0.15) is 31.2 Å². The fraction of sp³-hybridized carbons (Fsp3) is 0.421. The molecule has 1 aliphatic rings. The summed E-state index contributed by atoms with van der Waals surface area (Å²) < 4.78 is 0. The maximum atomic E-state index is 12.0. The third-order valence-electron chi connectivity index (χ3n) is 4.87. The zero-order valence-corrected chi connectivity index (χ0v) is 13.8. The Morgan fingerprint density at radius 3 is 2.79 bits per heavy atom. The van der Waals surface area contributed by atoms with E-state index in [9.17, 15) is 9.90 Å². The van der Waals surface area contributed by atoms with E-state index in [2.05, 4.69) is 27.0 Å². The summed E-state index contributed by atoms with van der Waals surface area (Å²) in [5.74, 6) is 0.0787. The fourth-order valence-electron chi connectivity index (χ4n) is 3.54. The van der Waals surface area contributed by atoms with Crippen LogP contribution in [0.15, 0.2) is 48.9 Å². The molecule has 0 amide bonds. The molecule has 2 aromatic rings. The van der Waals surface area contributed by atoms with Gasteiger partial charge in [0.2, 0.25) is 0 Å². The van der Waals surface area contributed by atoms with E-state index in [0.717, 1.165) is 38.0 Å². The molecule has 0 spiro atoms. The van der Waals surface area contributed by atoms with Crippen LogP contribution in [0.5, 0.6) is 0 Å². The van der Waals surface area contributed by atoms with Gasteiger partial charge < -0.3 is 10.0 Å². The topological polar surface area (TPSA) is 66.3 Å². The molecule has 2 heterocycles. The number of aryl methyl sites for hydroxylation is 1. The van der Waals surface area contributed by atoms with E-state index in [-0.39, 0.29) is 0 Å². The second kappa shape index (κ2) is 7.43. The van der Waals surface area contributed by atoms with Crippen molar-refractivity contribution in [3.05, 3.63) is 54.5 Å². The number of nitrogens with zero attached hydrogens (tertiary/aromatic N) is 3. The van der Waals surface area contributed by atoms with E-state index in [0.29, 0.717) is 13.0 Å². The average molecular weight is 325 g/mol. The van der Waals surface area contributed by atoms with Crippen LogP contribution < -0.4 is 4.90 Å². The maximum absolute atomic E-state index is 12.0. The highest BCUT2D eigenvalue weighted by molar-refractivity contribution is 5.76. The zero-order valence-electron chi connectivity index (χ0n) is 13.8. The van der Waals surface area contributed by atoms with Gasteiger partial charge in [0.05, 0.1) is 11.6 Å². The van der Waals surface area contributed by atoms with E-state index in [1.54, 1.807) is 18.6 Å². The standard InChI is InChI=1S/C19H23N3O2/c23-18(24)19(9-4-8-16-6-2-1-3-7-16)10-5-13-22(15-19)17-14-20-11-12-21-17/h1-3,6-7,11-12,14H,4-5,8-10,13,15H2,(H,23,24)/t19-/m0/s1. The average Bonchev–Trinajstić information content (AvgIpc) is 2.63. The lowest BCUT2D eigenvalue weighted by Crippen LogP contribution is -2.48. The Labute approximate surface area is 142 Å². The molecule has 0 radical (unpaired) electrons. The van der Waals surface area contributed by atoms with Crippen LogP contribution in [0.3, 0.4) is 0 Å². The van der Waals surface area contributed by atoms with Gasteiger partial charge in [-0.1, -0.05) is 30.3 Å². The van der Waals surface area contributed by atoms with Crippen molar-refractivity contribution in [2.24, 2.45) is 5.41 Å². The smallest absolute Gasteiger partial charge is 0.311 e. The minimum atomic E-state index is -0.691. The number of aromatic nitrogens is 2. The Kier molecular flexibility index (Phi) is 5.08. The van der Waals surface area contributed by atoms with Gasteiger partial charge in [-0.3, -0.25) is 9.78 Å². The van der Waals surface area contributed by atoms with Gasteiger partial charge in [0.15, 0.2) is 0 Å². The van der Waals surface area contributed by atoms with Gasteiger partial charge in [-0.2, -0.15) is 0 Å². The SMILES string of the molecule is O=C(O)[C@@]1(CCCc2ccccc2)CCCN(c2cnccn2)C1. The lowest BCUT2D eigenvalue weighted by Gasteiger charge is -2.40. The van der Waals surface area contributed by atoms with E-state index < -0.39 is 11.4 Å². The molecular formula is C19H23N3O2. The highest BCUT2D eigenvalue weighted by Gasteiger charge is 2.42. The van der Waals surface area contributed by atoms with Crippen molar-refractivity contribution in [2.45, 2.75) is 32.1 Å². The first-order chi connectivity index (χ1) is 11.7. The summed E-state index contributed by atoms with van der Waals surface area (Å²) in [4.78, 5) is 22.5. The molecule has 5 nitrogen and oxygen atoms in total. The number of aliphatic carboxylic acids is 1. The van der Waals surface area contributed by atoms with Crippen LogP contribution in [0, 0.1) is 5.41 Å². The zero-order chi connectivity index (χ0) is 16.8. The largest absolute Gasteiger partial charge is 0.481 e. The molecule has 0 aliphatic carbocycles. The summed E-state index contributed by atoms with van der Waals surface area (Å²) in [6, 6.07) is 10.2. The molecule has 0 unspecified atom stereocenters. The predicted molar refractivity (Wildman–Crippen MR) is 92.9 cm³/mol. The lowest BCUT2D eigenvalue weighted by atomic mass is 9.75. The van der Waals surface area contributed by atoms with Gasteiger partial charge >= 0.3 is 5.97 Å². The van der Waals surface area contributed by atoms with Crippen LogP contribution in [-0.4, -0.2) is 34.1 Å². The molecule has 24 heavy (non-hydrogen) atoms. The van der Waals surface area contributed by atoms with Crippen molar-refractivity contribution >= 4 is 11.8 Å². The highest BCUT2D eigenvalue weighted by atomic mass is 16.4. The number of carboxylic acids is 1. The van der Waals surface area contributed by atoms with E-state index >= 15 is 0 Å². The summed E-state index contributed by atoms with van der Waals surface area (Å²) in [5.41, 5.74) is 0.574. The van der Waals surface area contributed by atoms with Crippen molar-refractivity contribution < 1.29 is 9.90 Å². The lowest BCUT2D eigenvalue weighted by molar-refractivity contribution is -0.150. The summed E-state index contributed by atoms with van der Waals surface area (Å²) in [6.45, 7) is 1.35. The number of benzene rings is 1. The number of piperidine rings is 1. The van der Waals surface area contributed by atoms with Crippen LogP contribution in [0.2, 0.25) is 0 Å². The molecule has 126 valence electrons. The fourth-order valence-corrected chi connectivity index (χ4v) is 3.54. The third kappa shape index (κ3) is 3.72. The normalized spacial score (nSPS) is 20.8. The minimum absolute atomic E-state index is 0.510. The van der Waals surface area contributed by atoms with Crippen molar-refractivity contribution in [1.82, 2.24) is 9.97 Å². The molecule has 1 atom stereocenters. The maximum Gasteiger partial charge on any atom is 0.311 e. The molecule has 1 aromatic carbocycles. The molecule has 1 fully saturated rings. The molecule has 1 aromatic heterocycles. The monoisotopic (exact) mass is 325 g/mol. The van der Waals surface area contributed by atoms with Crippen LogP contribution in [0.4, 0.5) is 5.82 Å². The molecule has 1 saturated heterocycles. The summed E-state index contributed by atoms with van der Waals surface area (Å²) in [6.07, 6.45) is 9.09. The highest BCUT2D eigenvalue weighted by Crippen LogP contribution is 2.36. The van der Waals surface area contributed by atoms with Gasteiger partial charge in [-0.05, 0) is 37.7 Å². The van der Waals surface area contributed by atoms with Gasteiger partial charge in [0, 0.05) is 25.5 Å². The second-order valence-electron chi connectivity index (χ2n) is 6.51. The van der Waals surface area contributed by atoms with Gasteiger partial charge in [-0.25, -0.2) is 4.98 Å². The van der Waals surface area contributed by atoms with Crippen LogP contribution in [-0.2, 0) is 11.2 Å². The molecule has 1 aliphatic heterocycles. The molecule has 0 bridgehead atoms. The van der Waals surface area contributed by atoms with Crippen molar-refractivity contribution in [3.8, 4) is 0 Å². The second-order valence-corrected chi connectivity index (χ2v) is 6.51. The van der Waals surface area contributed by atoms with Gasteiger partial charge in [-0.15, -0.1) is 0 Å². The number of hydrogen-bond acceptors (Lipinski definition) is 4. The summed E-state index contributed by atoms with van der Waals surface area (Å²) >= 11 is 0. The summed E-state index contributed by atoms with van der Waals surface area (Å²) in [7, 11) is 0. The molecular weight excluding hydrogens is 302 g/mol. The van der Waals surface area contributed by atoms with Crippen molar-refractivity contribution in [3.63, 3.8) is 0 Å². The van der Waals surface area contributed by atoms with E-state index in [1.165, 1.54) is 5.56 Å². The number of hydrogen-bond donors (Lipinski definition) is 1. The molecule has 3 rings (SSSR count). The van der Waals surface area contributed by atoms with Gasteiger partial charge in [0.25, 0.3) is 0 Å². The Hall–Kier alpha value is -2.43. The Morgan fingerprint density at radius 2 is 2.08 bits per heavy atom. The van der Waals surface area contributed by atoms with Crippen LogP contribution in [0.25, 0.3) is 0 Å². The molecule has 0 saturated carbocycles. The van der Waals surface area contributed by atoms with Crippen molar-refractivity contribution in [1.29, 1.82) is 0 Å². The summed E-state index contributed by atoms with van der Waals surface area (Å²) in [5, 5.41) is 9.89. The predicted octanol–water partition coefficient (Wildman–Crippen LogP) is 3.17. The molecule has 5 heteroatoms. The molecule has 1 N–H and O–H groups in total. The third-order valence-corrected chi connectivity index (χ3v) is 4.87. The first-order valence-corrected chi connectivity index (χ1v) is 8.48. The Bertz CT molecular complexity index is 663. The van der Waals surface area contributed by atoms with Gasteiger partial charge in [0.1, 0.15) is 5.82 Å². The van der Waals surface area contributed by atoms with E-state index in [1.807, 2.05) is 18.2 Å². The number of carbonyl (C=O) groups is 1. The Balaban J connectivity index is 1.67.